The Hall–Kier alpha value is -1.03. The second-order valence-electron chi connectivity index (χ2n) is 2.91. The molecule has 0 fully saturated rings. The molecule has 4 heteroatoms. The number of nitrogens with two attached hydrogens (primary N) is 1. The standard InChI is InChI=1S/C7H11N3O/c8-7-9-3-5-1-2-6(11)4-10(5)7/h3,6,11H,1-2,4H2,(H2,8,9). The molecule has 0 aromatic carbocycles. The Bertz CT molecular complexity index is 269. The average Bonchev–Trinajstić information content (AvgIpc) is 2.33. The highest BCUT2D eigenvalue weighted by molar-refractivity contribution is 5.24. The molecule has 1 aliphatic heterocycles. The van der Waals surface area contributed by atoms with Gasteiger partial charge in [0, 0.05) is 5.69 Å². The van der Waals surface area contributed by atoms with Crippen molar-refractivity contribution in [1.82, 2.24) is 9.55 Å². The highest BCUT2D eigenvalue weighted by Crippen LogP contribution is 2.17. The summed E-state index contributed by atoms with van der Waals surface area (Å²) in [6.07, 6.45) is 3.23. The third kappa shape index (κ3) is 0.991. The molecule has 0 saturated heterocycles. The van der Waals surface area contributed by atoms with Gasteiger partial charge >= 0.3 is 0 Å². The normalized spacial score (nSPS) is 23.2. The molecule has 0 bridgehead atoms. The summed E-state index contributed by atoms with van der Waals surface area (Å²) in [6.45, 7) is 0.598. The summed E-state index contributed by atoms with van der Waals surface area (Å²) in [5.74, 6) is 0.513. The zero-order chi connectivity index (χ0) is 7.84. The Labute approximate surface area is 64.7 Å². The highest BCUT2D eigenvalue weighted by Gasteiger charge is 2.17. The van der Waals surface area contributed by atoms with Crippen LogP contribution in [0.5, 0.6) is 0 Å². The maximum absolute atomic E-state index is 9.29. The smallest absolute Gasteiger partial charge is 0.200 e. The second-order valence-corrected chi connectivity index (χ2v) is 2.91. The van der Waals surface area contributed by atoms with Crippen molar-refractivity contribution in [3.05, 3.63) is 11.9 Å². The molecule has 2 rings (SSSR count). The lowest BCUT2D eigenvalue weighted by Gasteiger charge is -2.19. The van der Waals surface area contributed by atoms with Crippen LogP contribution in [-0.4, -0.2) is 20.8 Å². The Balaban J connectivity index is 2.37. The van der Waals surface area contributed by atoms with Gasteiger partial charge in [0.1, 0.15) is 0 Å². The number of imidazole rings is 1. The summed E-state index contributed by atoms with van der Waals surface area (Å²) >= 11 is 0. The molecule has 3 N–H and O–H groups in total. The van der Waals surface area contributed by atoms with Gasteiger partial charge < -0.3 is 15.4 Å². The minimum absolute atomic E-state index is 0.251. The number of nitrogen functional groups attached to an aromatic ring is 1. The number of aryl methyl sites for hydroxylation is 1. The van der Waals surface area contributed by atoms with Crippen LogP contribution in [0.3, 0.4) is 0 Å². The third-order valence-corrected chi connectivity index (χ3v) is 2.10. The monoisotopic (exact) mass is 153 g/mol. The van der Waals surface area contributed by atoms with Crippen molar-refractivity contribution in [2.24, 2.45) is 0 Å². The summed E-state index contributed by atoms with van der Waals surface area (Å²) < 4.78 is 1.87. The molecule has 1 atom stereocenters. The fourth-order valence-electron chi connectivity index (χ4n) is 1.45. The van der Waals surface area contributed by atoms with Crippen molar-refractivity contribution < 1.29 is 5.11 Å². The van der Waals surface area contributed by atoms with E-state index in [9.17, 15) is 5.11 Å². The van der Waals surface area contributed by atoms with Crippen LogP contribution in [0.4, 0.5) is 5.95 Å². The van der Waals surface area contributed by atoms with Crippen LogP contribution in [0, 0.1) is 0 Å². The van der Waals surface area contributed by atoms with Crippen molar-refractivity contribution in [2.45, 2.75) is 25.5 Å². The largest absolute Gasteiger partial charge is 0.391 e. The SMILES string of the molecule is Nc1ncc2n1CC(O)CC2. The molecule has 0 aliphatic carbocycles. The molecule has 2 heterocycles. The first kappa shape index (κ1) is 6.67. The first-order chi connectivity index (χ1) is 5.27. The van der Waals surface area contributed by atoms with E-state index < -0.39 is 0 Å². The van der Waals surface area contributed by atoms with E-state index in [0.29, 0.717) is 12.5 Å². The van der Waals surface area contributed by atoms with Crippen LogP contribution < -0.4 is 5.73 Å². The molecule has 11 heavy (non-hydrogen) atoms. The van der Waals surface area contributed by atoms with Gasteiger partial charge in [-0.25, -0.2) is 4.98 Å². The summed E-state index contributed by atoms with van der Waals surface area (Å²) in [7, 11) is 0. The van der Waals surface area contributed by atoms with Crippen LogP contribution in [0.2, 0.25) is 0 Å². The van der Waals surface area contributed by atoms with Gasteiger partial charge in [-0.2, -0.15) is 0 Å². The van der Waals surface area contributed by atoms with Gasteiger partial charge in [-0.15, -0.1) is 0 Å². The number of aliphatic hydroxyl groups excluding tert-OH is 1. The number of hydrogen-bond acceptors (Lipinski definition) is 3. The van der Waals surface area contributed by atoms with Crippen LogP contribution in [0.25, 0.3) is 0 Å². The van der Waals surface area contributed by atoms with Crippen molar-refractivity contribution >= 4 is 5.95 Å². The molecular weight excluding hydrogens is 142 g/mol. The van der Waals surface area contributed by atoms with Gasteiger partial charge in [-0.1, -0.05) is 0 Å². The van der Waals surface area contributed by atoms with Crippen LogP contribution >= 0.6 is 0 Å². The van der Waals surface area contributed by atoms with Crippen LogP contribution in [0.15, 0.2) is 6.20 Å². The van der Waals surface area contributed by atoms with E-state index in [2.05, 4.69) is 4.98 Å². The van der Waals surface area contributed by atoms with E-state index >= 15 is 0 Å². The Kier molecular flexibility index (Phi) is 1.35. The highest BCUT2D eigenvalue weighted by atomic mass is 16.3. The maximum Gasteiger partial charge on any atom is 0.200 e. The number of aliphatic hydroxyl groups is 1. The van der Waals surface area contributed by atoms with E-state index in [-0.39, 0.29) is 6.10 Å². The number of anilines is 1. The van der Waals surface area contributed by atoms with Gasteiger partial charge in [0.15, 0.2) is 5.95 Å². The fourth-order valence-corrected chi connectivity index (χ4v) is 1.45. The Morgan fingerprint density at radius 2 is 2.55 bits per heavy atom. The van der Waals surface area contributed by atoms with Crippen molar-refractivity contribution in [1.29, 1.82) is 0 Å². The van der Waals surface area contributed by atoms with E-state index in [1.54, 1.807) is 6.20 Å². The zero-order valence-corrected chi connectivity index (χ0v) is 6.20. The zero-order valence-electron chi connectivity index (χ0n) is 6.20. The molecule has 1 aromatic rings. The molecule has 0 saturated carbocycles. The first-order valence-corrected chi connectivity index (χ1v) is 3.75. The molecule has 4 nitrogen and oxygen atoms in total. The minimum atomic E-state index is -0.251. The van der Waals surface area contributed by atoms with Gasteiger partial charge in [-0.3, -0.25) is 0 Å². The molecule has 1 unspecified atom stereocenters. The number of nitrogens with zero attached hydrogens (tertiary/aromatic N) is 2. The lowest BCUT2D eigenvalue weighted by atomic mass is 10.1. The van der Waals surface area contributed by atoms with Crippen molar-refractivity contribution in [3.8, 4) is 0 Å². The van der Waals surface area contributed by atoms with Crippen LogP contribution in [0.1, 0.15) is 12.1 Å². The van der Waals surface area contributed by atoms with Crippen molar-refractivity contribution in [3.63, 3.8) is 0 Å². The summed E-state index contributed by atoms with van der Waals surface area (Å²) in [4.78, 5) is 3.96. The number of aromatic nitrogens is 2. The summed E-state index contributed by atoms with van der Waals surface area (Å²) in [5.41, 5.74) is 6.70. The molecule has 0 amide bonds. The van der Waals surface area contributed by atoms with E-state index in [0.717, 1.165) is 18.5 Å². The molecule has 60 valence electrons. The lowest BCUT2D eigenvalue weighted by molar-refractivity contribution is 0.132. The predicted molar refractivity (Wildman–Crippen MR) is 41.0 cm³/mol. The van der Waals surface area contributed by atoms with Gasteiger partial charge in [0.05, 0.1) is 18.8 Å². The number of rotatable bonds is 0. The molecule has 0 radical (unpaired) electrons. The molecule has 1 aliphatic rings. The summed E-state index contributed by atoms with van der Waals surface area (Å²) in [6, 6.07) is 0. The van der Waals surface area contributed by atoms with Crippen LogP contribution in [-0.2, 0) is 13.0 Å². The van der Waals surface area contributed by atoms with E-state index in [4.69, 9.17) is 5.73 Å². The van der Waals surface area contributed by atoms with Gasteiger partial charge in [0.2, 0.25) is 0 Å². The third-order valence-electron chi connectivity index (χ3n) is 2.10. The lowest BCUT2D eigenvalue weighted by Crippen LogP contribution is -2.24. The number of hydrogen-bond donors (Lipinski definition) is 2. The fraction of sp³-hybridized carbons (Fsp3) is 0.571. The Morgan fingerprint density at radius 1 is 1.73 bits per heavy atom. The molecule has 0 spiro atoms. The molecule has 1 aromatic heterocycles. The minimum Gasteiger partial charge on any atom is -0.391 e. The molecular formula is C7H11N3O. The summed E-state index contributed by atoms with van der Waals surface area (Å²) in [5, 5.41) is 9.29. The topological polar surface area (TPSA) is 64.1 Å². The predicted octanol–water partition coefficient (Wildman–Crippen LogP) is -0.228. The van der Waals surface area contributed by atoms with E-state index in [1.807, 2.05) is 4.57 Å². The quantitative estimate of drug-likeness (QED) is 0.541. The van der Waals surface area contributed by atoms with Crippen molar-refractivity contribution in [2.75, 3.05) is 5.73 Å². The van der Waals surface area contributed by atoms with E-state index in [1.165, 1.54) is 0 Å². The first-order valence-electron chi connectivity index (χ1n) is 3.75. The van der Waals surface area contributed by atoms with Gasteiger partial charge in [-0.05, 0) is 12.8 Å². The second kappa shape index (κ2) is 2.23. The maximum atomic E-state index is 9.29. The Morgan fingerprint density at radius 3 is 3.36 bits per heavy atom. The average molecular weight is 153 g/mol. The number of fused-ring (bicyclic) bond motifs is 1. The van der Waals surface area contributed by atoms with Gasteiger partial charge in [0.25, 0.3) is 0 Å².